The topological polar surface area (TPSA) is 74.6 Å². The lowest BCUT2D eigenvalue weighted by atomic mass is 10.1. The summed E-state index contributed by atoms with van der Waals surface area (Å²) in [6.45, 7) is 2.31. The molecule has 3 heterocycles. The second-order valence-corrected chi connectivity index (χ2v) is 8.44. The summed E-state index contributed by atoms with van der Waals surface area (Å²) >= 11 is 3.20. The van der Waals surface area contributed by atoms with Crippen molar-refractivity contribution in [3.05, 3.63) is 56.6 Å². The largest absolute Gasteiger partial charge is 0.363 e. The van der Waals surface area contributed by atoms with Crippen LogP contribution in [0.25, 0.3) is 17.7 Å². The second kappa shape index (κ2) is 9.72. The van der Waals surface area contributed by atoms with Gasteiger partial charge in [0.2, 0.25) is 0 Å². The molecule has 0 radical (unpaired) electrons. The predicted molar refractivity (Wildman–Crippen MR) is 117 cm³/mol. The third-order valence-corrected chi connectivity index (χ3v) is 6.55. The molecular weight excluding hydrogens is 384 g/mol. The van der Waals surface area contributed by atoms with E-state index in [1.165, 1.54) is 40.5 Å². The number of rotatable bonds is 5. The first-order valence-corrected chi connectivity index (χ1v) is 10.6. The molecule has 0 aliphatic carbocycles. The Hall–Kier alpha value is -3.11. The maximum absolute atomic E-state index is 9.22. The summed E-state index contributed by atoms with van der Waals surface area (Å²) in [6, 6.07) is 13.5. The summed E-state index contributed by atoms with van der Waals surface area (Å²) in [5.41, 5.74) is -0.0176. The van der Waals surface area contributed by atoms with Crippen molar-refractivity contribution in [1.29, 1.82) is 15.8 Å². The van der Waals surface area contributed by atoms with Crippen molar-refractivity contribution >= 4 is 45.4 Å². The van der Waals surface area contributed by atoms with Gasteiger partial charge in [-0.15, -0.1) is 22.7 Å². The zero-order valence-electron chi connectivity index (χ0n) is 15.3. The van der Waals surface area contributed by atoms with E-state index >= 15 is 0 Å². The predicted octanol–water partition coefficient (Wildman–Crippen LogP) is 5.85. The van der Waals surface area contributed by atoms with Gasteiger partial charge in [0.05, 0.1) is 10.6 Å². The molecule has 4 nitrogen and oxygen atoms in total. The molecule has 0 spiro atoms. The number of hydrogen-bond donors (Lipinski definition) is 0. The number of nitriles is 3. The summed E-state index contributed by atoms with van der Waals surface area (Å²) < 4.78 is 0. The molecule has 0 saturated carbocycles. The molecule has 0 aromatic carbocycles. The van der Waals surface area contributed by atoms with Crippen LogP contribution in [0.15, 0.2) is 42.0 Å². The van der Waals surface area contributed by atoms with Crippen LogP contribution in [0, 0.1) is 34.0 Å². The minimum absolute atomic E-state index is 0.133. The van der Waals surface area contributed by atoms with E-state index in [0.29, 0.717) is 4.88 Å². The van der Waals surface area contributed by atoms with Gasteiger partial charge in [-0.25, -0.2) is 0 Å². The highest BCUT2D eigenvalue weighted by Crippen LogP contribution is 2.30. The molecule has 0 bridgehead atoms. The van der Waals surface area contributed by atoms with E-state index in [2.05, 4.69) is 23.1 Å². The summed E-state index contributed by atoms with van der Waals surface area (Å²) in [5, 5.41) is 28.5. The van der Waals surface area contributed by atoms with Crippen LogP contribution in [0.4, 0.5) is 5.00 Å². The highest BCUT2D eigenvalue weighted by molar-refractivity contribution is 7.17. The van der Waals surface area contributed by atoms with Crippen molar-refractivity contribution in [1.82, 2.24) is 0 Å². The average Bonchev–Trinajstić information content (AvgIpc) is 3.40. The smallest absolute Gasteiger partial charge is 0.148 e. The van der Waals surface area contributed by atoms with Crippen molar-refractivity contribution in [2.45, 2.75) is 19.3 Å². The second-order valence-electron chi connectivity index (χ2n) is 6.23. The van der Waals surface area contributed by atoms with Crippen LogP contribution in [0.3, 0.4) is 0 Å². The molecule has 28 heavy (non-hydrogen) atoms. The van der Waals surface area contributed by atoms with Crippen molar-refractivity contribution < 1.29 is 0 Å². The maximum Gasteiger partial charge on any atom is 0.148 e. The molecule has 0 atom stereocenters. The van der Waals surface area contributed by atoms with E-state index in [-0.39, 0.29) is 11.1 Å². The molecule has 3 rings (SSSR count). The van der Waals surface area contributed by atoms with E-state index in [4.69, 9.17) is 10.5 Å². The number of thiophene rings is 2. The van der Waals surface area contributed by atoms with Gasteiger partial charge in [0.1, 0.15) is 23.8 Å². The Kier molecular flexibility index (Phi) is 6.82. The minimum Gasteiger partial charge on any atom is -0.363 e. The molecule has 2 aromatic rings. The zero-order chi connectivity index (χ0) is 19.8. The first-order valence-electron chi connectivity index (χ1n) is 8.99. The molecule has 0 N–H and O–H groups in total. The third-order valence-electron chi connectivity index (χ3n) is 4.37. The average molecular weight is 403 g/mol. The number of allylic oxidation sites excluding steroid dienone is 4. The van der Waals surface area contributed by atoms with Crippen LogP contribution >= 0.6 is 22.7 Å². The van der Waals surface area contributed by atoms with Crippen molar-refractivity contribution in [2.24, 2.45) is 0 Å². The van der Waals surface area contributed by atoms with Gasteiger partial charge < -0.3 is 4.90 Å². The third kappa shape index (κ3) is 4.78. The van der Waals surface area contributed by atoms with E-state index in [1.807, 2.05) is 41.7 Å². The Morgan fingerprint density at radius 1 is 0.821 bits per heavy atom. The lowest BCUT2D eigenvalue weighted by Gasteiger charge is -2.27. The van der Waals surface area contributed by atoms with Gasteiger partial charge in [-0.1, -0.05) is 12.2 Å². The molecule has 6 heteroatoms. The zero-order valence-corrected chi connectivity index (χ0v) is 16.9. The van der Waals surface area contributed by atoms with E-state index in [9.17, 15) is 5.26 Å². The lowest BCUT2D eigenvalue weighted by Crippen LogP contribution is -2.28. The molecule has 1 fully saturated rings. The minimum atomic E-state index is -0.151. The molecular formula is C22H18N4S2. The summed E-state index contributed by atoms with van der Waals surface area (Å²) in [4.78, 5) is 5.28. The fourth-order valence-electron chi connectivity index (χ4n) is 2.96. The number of piperidine rings is 1. The van der Waals surface area contributed by atoms with Gasteiger partial charge in [0, 0.05) is 27.7 Å². The number of nitrogens with zero attached hydrogens (tertiary/aromatic N) is 4. The Balaban J connectivity index is 1.64. The molecule has 0 unspecified atom stereocenters. The maximum atomic E-state index is 9.22. The summed E-state index contributed by atoms with van der Waals surface area (Å²) in [5.74, 6) is 0. The van der Waals surface area contributed by atoms with Gasteiger partial charge in [0.15, 0.2) is 0 Å². The van der Waals surface area contributed by atoms with Crippen LogP contribution < -0.4 is 4.90 Å². The number of anilines is 1. The highest BCUT2D eigenvalue weighted by atomic mass is 32.1. The Bertz CT molecular complexity index is 1030. The van der Waals surface area contributed by atoms with Crippen molar-refractivity contribution in [3.8, 4) is 18.2 Å². The van der Waals surface area contributed by atoms with Crippen molar-refractivity contribution in [2.75, 3.05) is 18.0 Å². The number of hydrogen-bond acceptors (Lipinski definition) is 6. The first kappa shape index (κ1) is 19.6. The molecule has 1 aliphatic rings. The van der Waals surface area contributed by atoms with Crippen LogP contribution in [0.2, 0.25) is 0 Å². The molecule has 1 saturated heterocycles. The van der Waals surface area contributed by atoms with Gasteiger partial charge in [-0.3, -0.25) is 0 Å². The van der Waals surface area contributed by atoms with Gasteiger partial charge in [-0.2, -0.15) is 15.8 Å². The van der Waals surface area contributed by atoms with Crippen LogP contribution in [-0.2, 0) is 0 Å². The standard InChI is InChI=1S/C22H18N4S2/c23-14-17(15-24)20(16-25)21-10-8-18(27-21)6-2-3-7-19-9-11-22(28-19)26-12-4-1-5-13-26/h2-3,6-11H,1,4-5,12-13H2/b6-2+,7-3+. The quantitative estimate of drug-likeness (QED) is 0.464. The summed E-state index contributed by atoms with van der Waals surface area (Å²) in [7, 11) is 0. The fourth-order valence-corrected chi connectivity index (χ4v) is 4.86. The van der Waals surface area contributed by atoms with Crippen LogP contribution in [0.1, 0.15) is 33.9 Å². The SMILES string of the molecule is N#CC(C#N)=C(C#N)c1ccc(/C=C/C=C/c2ccc(N3CCCCC3)s2)s1. The normalized spacial score (nSPS) is 14.0. The van der Waals surface area contributed by atoms with E-state index in [0.717, 1.165) is 18.0 Å². The van der Waals surface area contributed by atoms with E-state index < -0.39 is 0 Å². The van der Waals surface area contributed by atoms with Crippen molar-refractivity contribution in [3.63, 3.8) is 0 Å². The molecule has 138 valence electrons. The van der Waals surface area contributed by atoms with Crippen LogP contribution in [0.5, 0.6) is 0 Å². The Morgan fingerprint density at radius 3 is 2.11 bits per heavy atom. The molecule has 2 aromatic heterocycles. The molecule has 0 amide bonds. The molecule has 1 aliphatic heterocycles. The fraction of sp³-hybridized carbons (Fsp3) is 0.227. The van der Waals surface area contributed by atoms with Gasteiger partial charge in [0.25, 0.3) is 0 Å². The highest BCUT2D eigenvalue weighted by Gasteiger charge is 2.12. The van der Waals surface area contributed by atoms with E-state index in [1.54, 1.807) is 18.2 Å². The Morgan fingerprint density at radius 2 is 1.46 bits per heavy atom. The lowest BCUT2D eigenvalue weighted by molar-refractivity contribution is 0.580. The van der Waals surface area contributed by atoms with Gasteiger partial charge >= 0.3 is 0 Å². The van der Waals surface area contributed by atoms with Crippen LogP contribution in [-0.4, -0.2) is 13.1 Å². The first-order chi connectivity index (χ1) is 13.7. The summed E-state index contributed by atoms with van der Waals surface area (Å²) in [6.07, 6.45) is 11.9. The van der Waals surface area contributed by atoms with Gasteiger partial charge in [-0.05, 0) is 55.7 Å². The Labute approximate surface area is 173 Å². The monoisotopic (exact) mass is 402 g/mol.